The molecule has 0 N–H and O–H groups in total. The molecule has 0 amide bonds. The summed E-state index contributed by atoms with van der Waals surface area (Å²) in [5.74, 6) is 0.154. The van der Waals surface area contributed by atoms with E-state index < -0.39 is 10.1 Å². The van der Waals surface area contributed by atoms with Crippen molar-refractivity contribution in [2.75, 3.05) is 0 Å². The van der Waals surface area contributed by atoms with E-state index in [-0.39, 0.29) is 16.9 Å². The molecule has 3 nitrogen and oxygen atoms in total. The van der Waals surface area contributed by atoms with Gasteiger partial charge < -0.3 is 0 Å². The molecule has 2 aromatic carbocycles. The van der Waals surface area contributed by atoms with Crippen LogP contribution in [-0.2, 0) is 14.3 Å². The fourth-order valence-corrected chi connectivity index (χ4v) is 4.18. The Labute approximate surface area is 132 Å². The number of aryl methyl sites for hydroxylation is 1. The maximum atomic E-state index is 12.5. The largest absolute Gasteiger partial charge is 0.297 e. The zero-order valence-corrected chi connectivity index (χ0v) is 13.4. The van der Waals surface area contributed by atoms with Crippen molar-refractivity contribution in [3.8, 4) is 0 Å². The van der Waals surface area contributed by atoms with Crippen LogP contribution in [0.15, 0.2) is 59.5 Å². The third kappa shape index (κ3) is 3.23. The van der Waals surface area contributed by atoms with Crippen molar-refractivity contribution in [2.45, 2.75) is 43.1 Å². The minimum Gasteiger partial charge on any atom is -0.262 e. The van der Waals surface area contributed by atoms with Gasteiger partial charge in [-0.2, -0.15) is 8.42 Å². The van der Waals surface area contributed by atoms with Crippen molar-refractivity contribution in [2.24, 2.45) is 0 Å². The smallest absolute Gasteiger partial charge is 0.262 e. The summed E-state index contributed by atoms with van der Waals surface area (Å²) in [4.78, 5) is 0.233. The Kier molecular flexibility index (Phi) is 4.32. The molecular weight excluding hydrogens is 296 g/mol. The average molecular weight is 316 g/mol. The van der Waals surface area contributed by atoms with E-state index in [1.807, 2.05) is 37.3 Å². The van der Waals surface area contributed by atoms with Gasteiger partial charge in [-0.15, -0.1) is 0 Å². The Balaban J connectivity index is 1.81. The maximum Gasteiger partial charge on any atom is 0.297 e. The molecule has 1 saturated carbocycles. The summed E-state index contributed by atoms with van der Waals surface area (Å²) in [6.45, 7) is 1.93. The van der Waals surface area contributed by atoms with Crippen molar-refractivity contribution in [3.63, 3.8) is 0 Å². The first kappa shape index (κ1) is 15.3. The second-order valence-electron chi connectivity index (χ2n) is 5.85. The molecule has 2 atom stereocenters. The predicted octanol–water partition coefficient (Wildman–Crippen LogP) is 4.04. The summed E-state index contributed by atoms with van der Waals surface area (Å²) in [5, 5.41) is 0. The van der Waals surface area contributed by atoms with Gasteiger partial charge in [0.25, 0.3) is 10.1 Å². The highest BCUT2D eigenvalue weighted by atomic mass is 32.2. The monoisotopic (exact) mass is 316 g/mol. The van der Waals surface area contributed by atoms with Gasteiger partial charge in [0.05, 0.1) is 11.0 Å². The third-order valence-corrected chi connectivity index (χ3v) is 5.59. The number of rotatable bonds is 4. The first-order valence-electron chi connectivity index (χ1n) is 7.61. The van der Waals surface area contributed by atoms with Crippen LogP contribution in [-0.4, -0.2) is 14.5 Å². The summed E-state index contributed by atoms with van der Waals surface area (Å²) in [7, 11) is -3.70. The zero-order chi connectivity index (χ0) is 15.6. The number of hydrogen-bond acceptors (Lipinski definition) is 3. The topological polar surface area (TPSA) is 43.4 Å². The molecule has 2 aromatic rings. The fraction of sp³-hybridized carbons (Fsp3) is 0.333. The predicted molar refractivity (Wildman–Crippen MR) is 86.3 cm³/mol. The van der Waals surface area contributed by atoms with Crippen LogP contribution >= 0.6 is 0 Å². The van der Waals surface area contributed by atoms with Crippen LogP contribution in [0.2, 0.25) is 0 Å². The molecule has 0 aliphatic heterocycles. The van der Waals surface area contributed by atoms with Gasteiger partial charge in [-0.3, -0.25) is 4.18 Å². The van der Waals surface area contributed by atoms with Crippen LogP contribution in [0.25, 0.3) is 0 Å². The average Bonchev–Trinajstić information content (AvgIpc) is 2.96. The lowest BCUT2D eigenvalue weighted by molar-refractivity contribution is 0.198. The van der Waals surface area contributed by atoms with Crippen molar-refractivity contribution in [1.29, 1.82) is 0 Å². The molecule has 4 heteroatoms. The van der Waals surface area contributed by atoms with Crippen LogP contribution in [0.4, 0.5) is 0 Å². The molecule has 0 spiro atoms. The molecule has 0 saturated heterocycles. The second kappa shape index (κ2) is 6.23. The Hall–Kier alpha value is -1.65. The third-order valence-electron chi connectivity index (χ3n) is 4.24. The summed E-state index contributed by atoms with van der Waals surface area (Å²) >= 11 is 0. The Morgan fingerprint density at radius 3 is 2.32 bits per heavy atom. The van der Waals surface area contributed by atoms with Crippen LogP contribution < -0.4 is 0 Å². The van der Waals surface area contributed by atoms with E-state index in [4.69, 9.17) is 4.18 Å². The van der Waals surface area contributed by atoms with Gasteiger partial charge >= 0.3 is 0 Å². The minimum atomic E-state index is -3.70. The Bertz CT molecular complexity index is 721. The van der Waals surface area contributed by atoms with Gasteiger partial charge in [-0.1, -0.05) is 54.4 Å². The lowest BCUT2D eigenvalue weighted by Gasteiger charge is -2.20. The normalized spacial score (nSPS) is 21.9. The molecule has 1 aliphatic carbocycles. The molecule has 0 unspecified atom stereocenters. The lowest BCUT2D eigenvalue weighted by atomic mass is 9.96. The molecule has 0 radical (unpaired) electrons. The van der Waals surface area contributed by atoms with Gasteiger partial charge in [-0.05, 0) is 37.5 Å². The van der Waals surface area contributed by atoms with Gasteiger partial charge in [0.2, 0.25) is 0 Å². The van der Waals surface area contributed by atoms with Crippen LogP contribution in [0.3, 0.4) is 0 Å². The van der Waals surface area contributed by atoms with Crippen molar-refractivity contribution in [3.05, 3.63) is 65.7 Å². The summed E-state index contributed by atoms with van der Waals surface area (Å²) in [6, 6.07) is 16.8. The first-order valence-corrected chi connectivity index (χ1v) is 9.02. The molecule has 0 bridgehead atoms. The summed E-state index contributed by atoms with van der Waals surface area (Å²) in [6.07, 6.45) is 2.48. The van der Waals surface area contributed by atoms with Crippen LogP contribution in [0.5, 0.6) is 0 Å². The summed E-state index contributed by atoms with van der Waals surface area (Å²) < 4.78 is 30.5. The summed E-state index contributed by atoms with van der Waals surface area (Å²) in [5.41, 5.74) is 2.19. The number of benzene rings is 2. The van der Waals surface area contributed by atoms with Gasteiger partial charge in [0.1, 0.15) is 0 Å². The molecule has 116 valence electrons. The van der Waals surface area contributed by atoms with Crippen LogP contribution in [0, 0.1) is 6.92 Å². The van der Waals surface area contributed by atoms with Gasteiger partial charge in [0, 0.05) is 5.92 Å². The molecule has 1 fully saturated rings. The van der Waals surface area contributed by atoms with Crippen LogP contribution in [0.1, 0.15) is 36.3 Å². The van der Waals surface area contributed by atoms with E-state index in [1.54, 1.807) is 24.3 Å². The first-order chi connectivity index (χ1) is 10.6. The van der Waals surface area contributed by atoms with Gasteiger partial charge in [-0.25, -0.2) is 0 Å². The second-order valence-corrected chi connectivity index (χ2v) is 7.42. The molecule has 22 heavy (non-hydrogen) atoms. The van der Waals surface area contributed by atoms with Crippen molar-refractivity contribution in [1.82, 2.24) is 0 Å². The highest BCUT2D eigenvalue weighted by molar-refractivity contribution is 7.86. The van der Waals surface area contributed by atoms with Crippen molar-refractivity contribution >= 4 is 10.1 Å². The van der Waals surface area contributed by atoms with E-state index >= 15 is 0 Å². The zero-order valence-electron chi connectivity index (χ0n) is 12.6. The van der Waals surface area contributed by atoms with Crippen molar-refractivity contribution < 1.29 is 12.6 Å². The molecule has 0 heterocycles. The van der Waals surface area contributed by atoms with E-state index in [1.165, 1.54) is 0 Å². The maximum absolute atomic E-state index is 12.5. The van der Waals surface area contributed by atoms with E-state index in [0.717, 1.165) is 30.4 Å². The van der Waals surface area contributed by atoms with E-state index in [9.17, 15) is 8.42 Å². The van der Waals surface area contributed by atoms with E-state index in [2.05, 4.69) is 0 Å². The highest BCUT2D eigenvalue weighted by Gasteiger charge is 2.33. The highest BCUT2D eigenvalue weighted by Crippen LogP contribution is 2.38. The SMILES string of the molecule is Cc1ccc(S(=O)(=O)O[C@H]2CCC[C@@H]2c2ccccc2)cc1. The number of hydrogen-bond donors (Lipinski definition) is 0. The molecular formula is C18H20O3S. The Morgan fingerprint density at radius 1 is 0.955 bits per heavy atom. The Morgan fingerprint density at radius 2 is 1.64 bits per heavy atom. The lowest BCUT2D eigenvalue weighted by Crippen LogP contribution is -2.21. The standard InChI is InChI=1S/C18H20O3S/c1-14-10-12-16(13-11-14)22(19,20)21-18-9-5-8-17(18)15-6-3-2-4-7-15/h2-4,6-7,10-13,17-18H,5,8-9H2,1H3/t17-,18+/m1/s1. The molecule has 1 aliphatic rings. The minimum absolute atomic E-state index is 0.154. The molecule has 0 aromatic heterocycles. The quantitative estimate of drug-likeness (QED) is 0.800. The fourth-order valence-electron chi connectivity index (χ4n) is 3.05. The van der Waals surface area contributed by atoms with Gasteiger partial charge in [0.15, 0.2) is 0 Å². The molecule has 3 rings (SSSR count). The van der Waals surface area contributed by atoms with E-state index in [0.29, 0.717) is 0 Å².